The number of phenolic OH excluding ortho intramolecular Hbond substituents is 2. The standard InChI is InChI=1S/C9H8O4.H3O4P/c10-7-3-1-6(5-8(7)11)2-4-9(12)13;1-5(2,3)4/h1-5,10-11H,(H,12,13);(H3,1,2,3,4). The van der Waals surface area contributed by atoms with Crippen LogP contribution in [0, 0.1) is 0 Å². The van der Waals surface area contributed by atoms with Gasteiger partial charge in [-0.3, -0.25) is 0 Å². The quantitative estimate of drug-likeness (QED) is 0.256. The second kappa shape index (κ2) is 6.77. The van der Waals surface area contributed by atoms with Gasteiger partial charge in [0, 0.05) is 6.08 Å². The molecular formula is C9H11O8P. The molecule has 0 saturated carbocycles. The molecule has 18 heavy (non-hydrogen) atoms. The Labute approximate surface area is 101 Å². The third kappa shape index (κ3) is 9.37. The first-order valence-electron chi connectivity index (χ1n) is 4.31. The Morgan fingerprint density at radius 3 is 2.00 bits per heavy atom. The Hall–Kier alpha value is -1.86. The van der Waals surface area contributed by atoms with Crippen molar-refractivity contribution in [2.24, 2.45) is 0 Å². The zero-order valence-corrected chi connectivity index (χ0v) is 9.73. The molecule has 0 heterocycles. The first kappa shape index (κ1) is 16.1. The lowest BCUT2D eigenvalue weighted by atomic mass is 10.2. The van der Waals surface area contributed by atoms with Crippen LogP contribution in [0.4, 0.5) is 0 Å². The first-order chi connectivity index (χ1) is 8.09. The minimum atomic E-state index is -4.64. The van der Waals surface area contributed by atoms with Crippen LogP contribution in [-0.4, -0.2) is 36.0 Å². The van der Waals surface area contributed by atoms with Crippen LogP contribution in [0.25, 0.3) is 6.08 Å². The molecule has 0 unspecified atom stereocenters. The Bertz CT molecular complexity index is 481. The van der Waals surface area contributed by atoms with E-state index < -0.39 is 13.8 Å². The zero-order valence-electron chi connectivity index (χ0n) is 8.83. The van der Waals surface area contributed by atoms with Crippen LogP contribution >= 0.6 is 7.82 Å². The molecular weight excluding hydrogens is 267 g/mol. The number of aliphatic carboxylic acids is 1. The molecule has 0 fully saturated rings. The van der Waals surface area contributed by atoms with Crippen molar-refractivity contribution in [3.63, 3.8) is 0 Å². The van der Waals surface area contributed by atoms with E-state index in [9.17, 15) is 4.79 Å². The van der Waals surface area contributed by atoms with Crippen molar-refractivity contribution in [2.45, 2.75) is 0 Å². The number of benzene rings is 1. The van der Waals surface area contributed by atoms with Crippen LogP contribution in [0.3, 0.4) is 0 Å². The predicted octanol–water partition coefficient (Wildman–Crippen LogP) is 0.267. The molecule has 0 radical (unpaired) electrons. The van der Waals surface area contributed by atoms with Gasteiger partial charge in [-0.15, -0.1) is 0 Å². The first-order valence-corrected chi connectivity index (χ1v) is 5.87. The Kier molecular flexibility index (Phi) is 6.07. The molecule has 1 aromatic rings. The van der Waals surface area contributed by atoms with Gasteiger partial charge in [0.1, 0.15) is 0 Å². The summed E-state index contributed by atoms with van der Waals surface area (Å²) < 4.78 is 8.88. The van der Waals surface area contributed by atoms with Gasteiger partial charge in [0.2, 0.25) is 0 Å². The van der Waals surface area contributed by atoms with Gasteiger partial charge in [-0.2, -0.15) is 0 Å². The van der Waals surface area contributed by atoms with Crippen molar-refractivity contribution in [1.29, 1.82) is 0 Å². The highest BCUT2D eigenvalue weighted by atomic mass is 31.2. The molecule has 0 aliphatic rings. The van der Waals surface area contributed by atoms with Crippen molar-refractivity contribution in [1.82, 2.24) is 0 Å². The summed E-state index contributed by atoms with van der Waals surface area (Å²) in [6.07, 6.45) is 2.27. The second-order valence-corrected chi connectivity index (χ2v) is 3.96. The van der Waals surface area contributed by atoms with Crippen molar-refractivity contribution in [3.8, 4) is 11.5 Å². The average Bonchev–Trinajstić information content (AvgIpc) is 2.17. The van der Waals surface area contributed by atoms with Crippen LogP contribution in [0.15, 0.2) is 24.3 Å². The topological polar surface area (TPSA) is 156 Å². The van der Waals surface area contributed by atoms with E-state index in [2.05, 4.69) is 0 Å². The van der Waals surface area contributed by atoms with Gasteiger partial charge >= 0.3 is 13.8 Å². The molecule has 0 spiro atoms. The van der Waals surface area contributed by atoms with Gasteiger partial charge in [0.05, 0.1) is 0 Å². The SMILES string of the molecule is O=C(O)C=Cc1ccc(O)c(O)c1.O=P(O)(O)O. The van der Waals surface area contributed by atoms with E-state index in [1.165, 1.54) is 24.3 Å². The number of aromatic hydroxyl groups is 2. The predicted molar refractivity (Wildman–Crippen MR) is 60.7 cm³/mol. The highest BCUT2D eigenvalue weighted by Crippen LogP contribution is 2.26. The molecule has 8 nitrogen and oxygen atoms in total. The number of hydrogen-bond acceptors (Lipinski definition) is 4. The lowest BCUT2D eigenvalue weighted by molar-refractivity contribution is -0.131. The van der Waals surface area contributed by atoms with Gasteiger partial charge in [-0.25, -0.2) is 9.36 Å². The van der Waals surface area contributed by atoms with E-state index in [1.807, 2.05) is 0 Å². The molecule has 0 saturated heterocycles. The Morgan fingerprint density at radius 1 is 1.11 bits per heavy atom. The number of phosphoric acid groups is 1. The van der Waals surface area contributed by atoms with E-state index >= 15 is 0 Å². The number of rotatable bonds is 2. The molecule has 6 N–H and O–H groups in total. The molecule has 100 valence electrons. The van der Waals surface area contributed by atoms with E-state index in [1.54, 1.807) is 0 Å². The Balaban J connectivity index is 0.000000494. The molecule has 0 aliphatic carbocycles. The molecule has 0 atom stereocenters. The van der Waals surface area contributed by atoms with Crippen LogP contribution in [-0.2, 0) is 9.36 Å². The number of phenols is 2. The summed E-state index contributed by atoms with van der Waals surface area (Å²) in [7, 11) is -4.64. The van der Waals surface area contributed by atoms with E-state index in [4.69, 9.17) is 34.6 Å². The second-order valence-electron chi connectivity index (χ2n) is 2.93. The zero-order chi connectivity index (χ0) is 14.3. The summed E-state index contributed by atoms with van der Waals surface area (Å²) in [5, 5.41) is 26.3. The van der Waals surface area contributed by atoms with Crippen LogP contribution in [0.2, 0.25) is 0 Å². The van der Waals surface area contributed by atoms with E-state index in [0.29, 0.717) is 5.56 Å². The van der Waals surface area contributed by atoms with Crippen molar-refractivity contribution in [2.75, 3.05) is 0 Å². The van der Waals surface area contributed by atoms with Crippen LogP contribution < -0.4 is 0 Å². The van der Waals surface area contributed by atoms with Crippen LogP contribution in [0.1, 0.15) is 5.56 Å². The summed E-state index contributed by atoms with van der Waals surface area (Å²) in [5.74, 6) is -1.56. The van der Waals surface area contributed by atoms with Crippen molar-refractivity contribution >= 4 is 19.9 Å². The fourth-order valence-corrected chi connectivity index (χ4v) is 0.812. The van der Waals surface area contributed by atoms with Crippen LogP contribution in [0.5, 0.6) is 11.5 Å². The lowest BCUT2D eigenvalue weighted by Crippen LogP contribution is -1.85. The van der Waals surface area contributed by atoms with Gasteiger partial charge in [0.25, 0.3) is 0 Å². The van der Waals surface area contributed by atoms with Gasteiger partial charge in [0.15, 0.2) is 11.5 Å². The third-order valence-corrected chi connectivity index (χ3v) is 1.42. The number of hydrogen-bond donors (Lipinski definition) is 6. The number of carboxylic acid groups (broad SMARTS) is 1. The molecule has 1 rings (SSSR count). The molecule has 0 amide bonds. The minimum Gasteiger partial charge on any atom is -0.504 e. The smallest absolute Gasteiger partial charge is 0.466 e. The summed E-state index contributed by atoms with van der Waals surface area (Å²) >= 11 is 0. The fourth-order valence-electron chi connectivity index (χ4n) is 0.812. The highest BCUT2D eigenvalue weighted by Gasteiger charge is 2.00. The largest absolute Gasteiger partial charge is 0.504 e. The van der Waals surface area contributed by atoms with Gasteiger partial charge in [-0.05, 0) is 23.8 Å². The number of carbonyl (C=O) groups is 1. The van der Waals surface area contributed by atoms with Crippen molar-refractivity contribution in [3.05, 3.63) is 29.8 Å². The molecule has 9 heteroatoms. The monoisotopic (exact) mass is 278 g/mol. The van der Waals surface area contributed by atoms with Crippen molar-refractivity contribution < 1.29 is 39.4 Å². The lowest BCUT2D eigenvalue weighted by Gasteiger charge is -1.97. The summed E-state index contributed by atoms with van der Waals surface area (Å²) in [4.78, 5) is 31.7. The summed E-state index contributed by atoms with van der Waals surface area (Å²) in [6.45, 7) is 0. The summed E-state index contributed by atoms with van der Waals surface area (Å²) in [5.41, 5.74) is 0.512. The highest BCUT2D eigenvalue weighted by molar-refractivity contribution is 7.45. The van der Waals surface area contributed by atoms with E-state index in [0.717, 1.165) is 6.08 Å². The Morgan fingerprint density at radius 2 is 1.61 bits per heavy atom. The van der Waals surface area contributed by atoms with Gasteiger partial charge in [-0.1, -0.05) is 6.07 Å². The normalized spacial score (nSPS) is 10.8. The van der Waals surface area contributed by atoms with Gasteiger partial charge < -0.3 is 30.0 Å². The maximum atomic E-state index is 10.1. The minimum absolute atomic E-state index is 0.229. The maximum absolute atomic E-state index is 10.1. The average molecular weight is 278 g/mol. The maximum Gasteiger partial charge on any atom is 0.466 e. The number of carboxylic acids is 1. The van der Waals surface area contributed by atoms with E-state index in [-0.39, 0.29) is 11.5 Å². The third-order valence-electron chi connectivity index (χ3n) is 1.42. The molecule has 1 aromatic carbocycles. The summed E-state index contributed by atoms with van der Waals surface area (Å²) in [6, 6.07) is 4.06. The fraction of sp³-hybridized carbons (Fsp3) is 0. The molecule has 0 aliphatic heterocycles. The molecule has 0 bridgehead atoms. The molecule has 0 aromatic heterocycles.